The molecule has 0 aliphatic carbocycles. The summed E-state index contributed by atoms with van der Waals surface area (Å²) < 4.78 is 5.08. The monoisotopic (exact) mass is 293 g/mol. The average molecular weight is 293 g/mol. The number of hydrogen-bond donors (Lipinski definition) is 3. The van der Waals surface area contributed by atoms with Crippen molar-refractivity contribution in [1.29, 1.82) is 0 Å². The maximum Gasteiger partial charge on any atom is 0.341 e. The molecule has 8 heteroatoms. The van der Waals surface area contributed by atoms with Crippen molar-refractivity contribution in [2.24, 2.45) is 0 Å². The highest BCUT2D eigenvalue weighted by Gasteiger charge is 2.09. The van der Waals surface area contributed by atoms with Crippen molar-refractivity contribution in [3.05, 3.63) is 35.8 Å². The van der Waals surface area contributed by atoms with Crippen LogP contribution in [0.4, 0.5) is 15.6 Å². The number of carboxylic acid groups (broad SMARTS) is 1. The normalized spacial score (nSPS) is 9.80. The lowest BCUT2D eigenvalue weighted by atomic mass is 10.3. The molecule has 1 aromatic heterocycles. The summed E-state index contributed by atoms with van der Waals surface area (Å²) in [7, 11) is 0. The second-order valence-corrected chi connectivity index (χ2v) is 4.49. The fourth-order valence-electron chi connectivity index (χ4n) is 1.37. The van der Waals surface area contributed by atoms with E-state index in [1.807, 2.05) is 0 Å². The Kier molecular flexibility index (Phi) is 4.51. The van der Waals surface area contributed by atoms with Crippen molar-refractivity contribution in [3.63, 3.8) is 0 Å². The number of carbonyl (C=O) groups is 2. The number of carboxylic acids is 1. The third-order valence-electron chi connectivity index (χ3n) is 2.14. The molecular formula is C12H11N3O4S. The molecular weight excluding hydrogens is 282 g/mol. The van der Waals surface area contributed by atoms with Crippen LogP contribution in [0.1, 0.15) is 0 Å². The third kappa shape index (κ3) is 3.95. The molecule has 7 nitrogen and oxygen atoms in total. The standard InChI is InChI=1S/C12H11N3O4S/c16-10(17)7-19-9-4-2-1-3-8(9)14-11(18)15-12-13-5-6-20-12/h1-6H,7H2,(H,16,17)(H2,13,14,15,18). The Balaban J connectivity index is 2.01. The zero-order valence-electron chi connectivity index (χ0n) is 10.2. The van der Waals surface area contributed by atoms with Crippen molar-refractivity contribution in [2.75, 3.05) is 17.2 Å². The number of para-hydroxylation sites is 2. The average Bonchev–Trinajstić information content (AvgIpc) is 2.90. The fourth-order valence-corrected chi connectivity index (χ4v) is 1.90. The van der Waals surface area contributed by atoms with Gasteiger partial charge in [0, 0.05) is 11.6 Å². The minimum Gasteiger partial charge on any atom is -0.480 e. The van der Waals surface area contributed by atoms with Gasteiger partial charge >= 0.3 is 12.0 Å². The Hall–Kier alpha value is -2.61. The van der Waals surface area contributed by atoms with Crippen molar-refractivity contribution in [2.45, 2.75) is 0 Å². The van der Waals surface area contributed by atoms with Gasteiger partial charge in [-0.2, -0.15) is 0 Å². The van der Waals surface area contributed by atoms with Gasteiger partial charge in [-0.05, 0) is 12.1 Å². The van der Waals surface area contributed by atoms with E-state index in [4.69, 9.17) is 9.84 Å². The molecule has 0 saturated heterocycles. The van der Waals surface area contributed by atoms with Crippen molar-refractivity contribution in [1.82, 2.24) is 4.98 Å². The third-order valence-corrected chi connectivity index (χ3v) is 2.83. The van der Waals surface area contributed by atoms with E-state index in [9.17, 15) is 9.59 Å². The van der Waals surface area contributed by atoms with Crippen LogP contribution in [-0.4, -0.2) is 28.7 Å². The second kappa shape index (κ2) is 6.53. The Bertz CT molecular complexity index is 601. The molecule has 0 bridgehead atoms. The highest BCUT2D eigenvalue weighted by atomic mass is 32.1. The topological polar surface area (TPSA) is 101 Å². The van der Waals surface area contributed by atoms with Crippen molar-refractivity contribution < 1.29 is 19.4 Å². The van der Waals surface area contributed by atoms with Crippen molar-refractivity contribution >= 4 is 34.2 Å². The van der Waals surface area contributed by atoms with Gasteiger partial charge in [-0.25, -0.2) is 14.6 Å². The van der Waals surface area contributed by atoms with Gasteiger partial charge in [-0.3, -0.25) is 5.32 Å². The van der Waals surface area contributed by atoms with Crippen LogP contribution in [0.5, 0.6) is 5.75 Å². The smallest absolute Gasteiger partial charge is 0.341 e. The Morgan fingerprint density at radius 2 is 2.10 bits per heavy atom. The first-order valence-corrected chi connectivity index (χ1v) is 6.44. The Morgan fingerprint density at radius 3 is 2.80 bits per heavy atom. The van der Waals surface area contributed by atoms with E-state index < -0.39 is 18.6 Å². The van der Waals surface area contributed by atoms with E-state index >= 15 is 0 Å². The van der Waals surface area contributed by atoms with Crippen LogP contribution in [0.15, 0.2) is 35.8 Å². The van der Waals surface area contributed by atoms with E-state index in [-0.39, 0.29) is 5.75 Å². The lowest BCUT2D eigenvalue weighted by Gasteiger charge is -2.11. The first-order valence-electron chi connectivity index (χ1n) is 5.56. The quantitative estimate of drug-likeness (QED) is 0.785. The molecule has 0 unspecified atom stereocenters. The Labute approximate surface area is 118 Å². The van der Waals surface area contributed by atoms with Crippen LogP contribution in [-0.2, 0) is 4.79 Å². The van der Waals surface area contributed by atoms with Crippen LogP contribution >= 0.6 is 11.3 Å². The van der Waals surface area contributed by atoms with E-state index in [2.05, 4.69) is 15.6 Å². The van der Waals surface area contributed by atoms with Crippen LogP contribution in [0.2, 0.25) is 0 Å². The molecule has 0 aliphatic rings. The van der Waals surface area contributed by atoms with Gasteiger partial charge in [0.2, 0.25) is 0 Å². The number of amides is 2. The number of nitrogens with one attached hydrogen (secondary N) is 2. The molecule has 20 heavy (non-hydrogen) atoms. The number of thiazole rings is 1. The van der Waals surface area contributed by atoms with E-state index in [1.165, 1.54) is 11.3 Å². The van der Waals surface area contributed by atoms with Gasteiger partial charge in [-0.15, -0.1) is 11.3 Å². The number of rotatable bonds is 5. The molecule has 1 aromatic carbocycles. The predicted octanol–water partition coefficient (Wildman–Crippen LogP) is 2.25. The van der Waals surface area contributed by atoms with E-state index in [0.717, 1.165) is 0 Å². The largest absolute Gasteiger partial charge is 0.480 e. The van der Waals surface area contributed by atoms with Gasteiger partial charge in [-0.1, -0.05) is 12.1 Å². The number of ether oxygens (including phenoxy) is 1. The first-order chi connectivity index (χ1) is 9.65. The molecule has 0 spiro atoms. The number of carbonyl (C=O) groups excluding carboxylic acids is 1. The predicted molar refractivity (Wildman–Crippen MR) is 74.3 cm³/mol. The zero-order chi connectivity index (χ0) is 14.4. The maximum absolute atomic E-state index is 11.7. The molecule has 0 atom stereocenters. The summed E-state index contributed by atoms with van der Waals surface area (Å²) in [6.45, 7) is -0.479. The lowest BCUT2D eigenvalue weighted by molar-refractivity contribution is -0.139. The zero-order valence-corrected chi connectivity index (χ0v) is 11.0. The number of anilines is 2. The van der Waals surface area contributed by atoms with Crippen LogP contribution in [0.3, 0.4) is 0 Å². The molecule has 0 aliphatic heterocycles. The van der Waals surface area contributed by atoms with Crippen molar-refractivity contribution in [3.8, 4) is 5.75 Å². The maximum atomic E-state index is 11.7. The highest BCUT2D eigenvalue weighted by molar-refractivity contribution is 7.13. The summed E-state index contributed by atoms with van der Waals surface area (Å²) in [5.74, 6) is -0.809. The summed E-state index contributed by atoms with van der Waals surface area (Å²) in [6, 6.07) is 6.08. The molecule has 3 N–H and O–H groups in total. The fraction of sp³-hybridized carbons (Fsp3) is 0.0833. The summed E-state index contributed by atoms with van der Waals surface area (Å²) in [6.07, 6.45) is 1.57. The molecule has 104 valence electrons. The second-order valence-electron chi connectivity index (χ2n) is 3.59. The highest BCUT2D eigenvalue weighted by Crippen LogP contribution is 2.24. The van der Waals surface area contributed by atoms with Gasteiger partial charge in [0.05, 0.1) is 5.69 Å². The number of aromatic nitrogens is 1. The van der Waals surface area contributed by atoms with Crippen LogP contribution in [0.25, 0.3) is 0 Å². The first kappa shape index (κ1) is 13.8. The van der Waals surface area contributed by atoms with Gasteiger partial charge in [0.1, 0.15) is 5.75 Å². The van der Waals surface area contributed by atoms with Gasteiger partial charge in [0.25, 0.3) is 0 Å². The minimum absolute atomic E-state index is 0.282. The molecule has 2 amide bonds. The molecule has 2 aromatic rings. The molecule has 0 radical (unpaired) electrons. The van der Waals surface area contributed by atoms with E-state index in [0.29, 0.717) is 10.8 Å². The van der Waals surface area contributed by atoms with Crippen LogP contribution < -0.4 is 15.4 Å². The van der Waals surface area contributed by atoms with E-state index in [1.54, 1.807) is 35.8 Å². The number of benzene rings is 1. The van der Waals surface area contributed by atoms with Gasteiger partial charge < -0.3 is 15.2 Å². The minimum atomic E-state index is -1.09. The van der Waals surface area contributed by atoms with Gasteiger partial charge in [0.15, 0.2) is 11.7 Å². The summed E-state index contributed by atoms with van der Waals surface area (Å²) in [5, 5.41) is 15.9. The number of aliphatic carboxylic acids is 1. The molecule has 2 rings (SSSR count). The van der Waals surface area contributed by atoms with Crippen LogP contribution in [0, 0.1) is 0 Å². The Morgan fingerprint density at radius 1 is 1.30 bits per heavy atom. The summed E-state index contributed by atoms with van der Waals surface area (Å²) in [4.78, 5) is 26.1. The molecule has 0 saturated carbocycles. The SMILES string of the molecule is O=C(O)COc1ccccc1NC(=O)Nc1nccs1. The molecule has 0 fully saturated rings. The summed E-state index contributed by atoms with van der Waals surface area (Å²) in [5.41, 5.74) is 0.378. The summed E-state index contributed by atoms with van der Waals surface area (Å²) >= 11 is 1.29. The number of nitrogens with zero attached hydrogens (tertiary/aromatic N) is 1. The molecule has 1 heterocycles. The lowest BCUT2D eigenvalue weighted by Crippen LogP contribution is -2.20. The number of hydrogen-bond acceptors (Lipinski definition) is 5. The number of urea groups is 1.